The summed E-state index contributed by atoms with van der Waals surface area (Å²) in [5.41, 5.74) is 3.07. The molecule has 2 aromatic heterocycles. The lowest BCUT2D eigenvalue weighted by Crippen LogP contribution is -2.48. The Morgan fingerprint density at radius 1 is 0.971 bits per heavy atom. The molecule has 0 N–H and O–H groups in total. The number of halogens is 1. The molecule has 0 bridgehead atoms. The highest BCUT2D eigenvalue weighted by molar-refractivity contribution is 6.30. The first-order chi connectivity index (χ1) is 16.5. The van der Waals surface area contributed by atoms with E-state index in [1.165, 1.54) is 0 Å². The van der Waals surface area contributed by atoms with Gasteiger partial charge in [-0.2, -0.15) is 0 Å². The van der Waals surface area contributed by atoms with Gasteiger partial charge in [-0.3, -0.25) is 14.5 Å². The summed E-state index contributed by atoms with van der Waals surface area (Å²) >= 11 is 5.99. The van der Waals surface area contributed by atoms with Crippen LogP contribution in [0.25, 0.3) is 5.69 Å². The Kier molecular flexibility index (Phi) is 5.75. The normalized spacial score (nSPS) is 14.6. The first-order valence-corrected chi connectivity index (χ1v) is 11.5. The molecule has 0 saturated carbocycles. The van der Waals surface area contributed by atoms with Gasteiger partial charge in [0.2, 0.25) is 5.91 Å². The minimum atomic E-state index is -0.452. The van der Waals surface area contributed by atoms with Crippen molar-refractivity contribution in [3.8, 4) is 5.69 Å². The van der Waals surface area contributed by atoms with Crippen LogP contribution in [0.3, 0.4) is 0 Å². The van der Waals surface area contributed by atoms with Gasteiger partial charge < -0.3 is 13.9 Å². The molecular weight excluding hydrogens is 450 g/mol. The first-order valence-electron chi connectivity index (χ1n) is 11.1. The van der Waals surface area contributed by atoms with Gasteiger partial charge in [-0.1, -0.05) is 23.7 Å². The maximum absolute atomic E-state index is 14.0. The molecule has 0 radical (unpaired) electrons. The fourth-order valence-corrected chi connectivity index (χ4v) is 4.57. The first kappa shape index (κ1) is 22.0. The molecule has 0 aliphatic carbocycles. The van der Waals surface area contributed by atoms with Crippen LogP contribution in [0.15, 0.2) is 89.7 Å². The largest absolute Gasteiger partial charge is 0.467 e. The number of para-hydroxylation sites is 2. The predicted molar refractivity (Wildman–Crippen MR) is 131 cm³/mol. The summed E-state index contributed by atoms with van der Waals surface area (Å²) in [5, 5.41) is 0.554. The van der Waals surface area contributed by atoms with Crippen LogP contribution >= 0.6 is 11.6 Å². The molecule has 1 aliphatic heterocycles. The molecule has 4 aromatic rings. The monoisotopic (exact) mass is 473 g/mol. The van der Waals surface area contributed by atoms with E-state index in [2.05, 4.69) is 4.57 Å². The van der Waals surface area contributed by atoms with Crippen molar-refractivity contribution in [3.05, 3.63) is 107 Å². The molecule has 5 rings (SSSR count). The number of nitrogens with zero attached hydrogens (tertiary/aromatic N) is 3. The Morgan fingerprint density at radius 2 is 1.71 bits per heavy atom. The number of aromatic nitrogens is 1. The highest BCUT2D eigenvalue weighted by atomic mass is 35.5. The number of fused-ring (bicyclic) bond motifs is 3. The zero-order chi connectivity index (χ0) is 23.8. The molecule has 0 fully saturated rings. The van der Waals surface area contributed by atoms with Crippen molar-refractivity contribution in [2.45, 2.75) is 25.9 Å². The Balaban J connectivity index is 1.54. The van der Waals surface area contributed by atoms with Gasteiger partial charge in [-0.25, -0.2) is 0 Å². The maximum atomic E-state index is 14.0. The highest BCUT2D eigenvalue weighted by Gasteiger charge is 2.38. The molecule has 3 heterocycles. The molecule has 7 heteroatoms. The van der Waals surface area contributed by atoms with Gasteiger partial charge in [-0.15, -0.1) is 0 Å². The lowest BCUT2D eigenvalue weighted by Gasteiger charge is -2.38. The van der Waals surface area contributed by atoms with Crippen molar-refractivity contribution < 1.29 is 14.0 Å². The van der Waals surface area contributed by atoms with E-state index in [0.717, 1.165) is 17.1 Å². The molecule has 0 spiro atoms. The van der Waals surface area contributed by atoms with Crippen molar-refractivity contribution in [2.24, 2.45) is 0 Å². The number of amides is 2. The summed E-state index contributed by atoms with van der Waals surface area (Å²) in [4.78, 5) is 30.6. The highest BCUT2D eigenvalue weighted by Crippen LogP contribution is 2.42. The van der Waals surface area contributed by atoms with Crippen LogP contribution in [0.5, 0.6) is 0 Å². The van der Waals surface area contributed by atoms with Gasteiger partial charge >= 0.3 is 0 Å². The number of carbonyl (C=O) groups excluding carboxylic acids is 2. The molecule has 34 heavy (non-hydrogen) atoms. The number of carbonyl (C=O) groups is 2. The SMILES string of the molecule is CC(C)N(CC(=O)N1c2ccccc2-n2cccc2C1c1ccco1)C(=O)c1ccc(Cl)cc1. The van der Waals surface area contributed by atoms with Crippen LogP contribution in [-0.4, -0.2) is 33.9 Å². The summed E-state index contributed by atoms with van der Waals surface area (Å²) < 4.78 is 7.85. The molecule has 1 unspecified atom stereocenters. The second-order valence-electron chi connectivity index (χ2n) is 8.51. The van der Waals surface area contributed by atoms with E-state index >= 15 is 0 Å². The molecule has 172 valence electrons. The van der Waals surface area contributed by atoms with Crippen molar-refractivity contribution in [3.63, 3.8) is 0 Å². The van der Waals surface area contributed by atoms with Crippen LogP contribution in [0, 0.1) is 0 Å². The van der Waals surface area contributed by atoms with Crippen LogP contribution in [-0.2, 0) is 4.79 Å². The summed E-state index contributed by atoms with van der Waals surface area (Å²) in [5.74, 6) is 0.239. The Hall–Kier alpha value is -3.77. The molecule has 1 atom stereocenters. The third-order valence-electron chi connectivity index (χ3n) is 6.08. The number of furan rings is 1. The topological polar surface area (TPSA) is 58.7 Å². The van der Waals surface area contributed by atoms with E-state index < -0.39 is 6.04 Å². The van der Waals surface area contributed by atoms with Gasteiger partial charge in [0.15, 0.2) is 0 Å². The molecule has 6 nitrogen and oxygen atoms in total. The number of hydrogen-bond donors (Lipinski definition) is 0. The number of anilines is 1. The Bertz CT molecular complexity index is 1330. The van der Waals surface area contributed by atoms with Crippen molar-refractivity contribution in [1.29, 1.82) is 0 Å². The predicted octanol–water partition coefficient (Wildman–Crippen LogP) is 5.71. The fourth-order valence-electron chi connectivity index (χ4n) is 4.45. The summed E-state index contributed by atoms with van der Waals surface area (Å²) in [6.07, 6.45) is 3.59. The minimum Gasteiger partial charge on any atom is -0.467 e. The van der Waals surface area contributed by atoms with E-state index in [4.69, 9.17) is 16.0 Å². The summed E-state index contributed by atoms with van der Waals surface area (Å²) in [7, 11) is 0. The fraction of sp³-hybridized carbons (Fsp3) is 0.185. The smallest absolute Gasteiger partial charge is 0.254 e. The Morgan fingerprint density at radius 3 is 2.38 bits per heavy atom. The van der Waals surface area contributed by atoms with Crippen molar-refractivity contribution >= 4 is 29.1 Å². The second-order valence-corrected chi connectivity index (χ2v) is 8.94. The Labute approximate surface area is 203 Å². The summed E-state index contributed by atoms with van der Waals surface area (Å²) in [6.45, 7) is 3.73. The lowest BCUT2D eigenvalue weighted by atomic mass is 10.0. The van der Waals surface area contributed by atoms with E-state index in [-0.39, 0.29) is 24.4 Å². The van der Waals surface area contributed by atoms with E-state index in [1.54, 1.807) is 40.3 Å². The average Bonchev–Trinajstić information content (AvgIpc) is 3.54. The molecule has 2 amide bonds. The van der Waals surface area contributed by atoms with Crippen molar-refractivity contribution in [2.75, 3.05) is 11.4 Å². The molecular formula is C27H24ClN3O3. The average molecular weight is 474 g/mol. The van der Waals surface area contributed by atoms with Crippen LogP contribution in [0.1, 0.15) is 41.7 Å². The molecule has 0 saturated heterocycles. The number of hydrogen-bond acceptors (Lipinski definition) is 3. The number of rotatable bonds is 5. The molecule has 1 aliphatic rings. The van der Waals surface area contributed by atoms with Crippen molar-refractivity contribution in [1.82, 2.24) is 9.47 Å². The zero-order valence-corrected chi connectivity index (χ0v) is 19.6. The minimum absolute atomic E-state index is 0.0780. The van der Waals surface area contributed by atoms with Crippen LogP contribution in [0.2, 0.25) is 5.02 Å². The van der Waals surface area contributed by atoms with Gasteiger partial charge in [0.1, 0.15) is 18.3 Å². The quantitative estimate of drug-likeness (QED) is 0.373. The lowest BCUT2D eigenvalue weighted by molar-refractivity contribution is -0.120. The van der Waals surface area contributed by atoms with Crippen LogP contribution < -0.4 is 4.90 Å². The van der Waals surface area contributed by atoms with E-state index in [1.807, 2.05) is 68.6 Å². The van der Waals surface area contributed by atoms with Gasteiger partial charge in [-0.05, 0) is 74.5 Å². The molecule has 2 aromatic carbocycles. The van der Waals surface area contributed by atoms with Crippen LogP contribution in [0.4, 0.5) is 5.69 Å². The van der Waals surface area contributed by atoms with E-state index in [0.29, 0.717) is 16.3 Å². The second kappa shape index (κ2) is 8.88. The number of benzene rings is 2. The third kappa shape index (κ3) is 3.80. The van der Waals surface area contributed by atoms with Gasteiger partial charge in [0.05, 0.1) is 23.3 Å². The maximum Gasteiger partial charge on any atom is 0.254 e. The third-order valence-corrected chi connectivity index (χ3v) is 6.33. The zero-order valence-electron chi connectivity index (χ0n) is 18.9. The van der Waals surface area contributed by atoms with Gasteiger partial charge in [0, 0.05) is 22.8 Å². The van der Waals surface area contributed by atoms with E-state index in [9.17, 15) is 9.59 Å². The standard InChI is InChI=1S/C27H24ClN3O3/c1-18(2)30(27(33)19-11-13-20(28)14-12-19)17-25(32)31-22-8-4-3-7-21(22)29-15-5-9-23(29)26(31)24-10-6-16-34-24/h3-16,18,26H,17H2,1-2H3. The summed E-state index contributed by atoms with van der Waals surface area (Å²) in [6, 6.07) is 21.5. The van der Waals surface area contributed by atoms with Gasteiger partial charge in [0.25, 0.3) is 5.91 Å².